The molecule has 0 N–H and O–H groups in total. The molecular formula is C20H22N2O4. The second-order valence-electron chi connectivity index (χ2n) is 6.05. The minimum absolute atomic E-state index is 0.249. The molecule has 26 heavy (non-hydrogen) atoms. The summed E-state index contributed by atoms with van der Waals surface area (Å²) in [5.74, 6) is 0. The predicted molar refractivity (Wildman–Crippen MR) is 96.4 cm³/mol. The van der Waals surface area contributed by atoms with Gasteiger partial charge in [0.1, 0.15) is 13.2 Å². The maximum Gasteiger partial charge on any atom is 0.410 e. The number of carbonyl (C=O) groups is 2. The molecule has 0 bridgehead atoms. The summed E-state index contributed by atoms with van der Waals surface area (Å²) in [5.41, 5.74) is 1.90. The number of amides is 2. The highest BCUT2D eigenvalue weighted by Crippen LogP contribution is 2.09. The first kappa shape index (κ1) is 17.8. The van der Waals surface area contributed by atoms with Crippen molar-refractivity contribution in [1.29, 1.82) is 0 Å². The largest absolute Gasteiger partial charge is 0.445 e. The maximum absolute atomic E-state index is 12.1. The van der Waals surface area contributed by atoms with Gasteiger partial charge in [-0.05, 0) is 11.1 Å². The Kier molecular flexibility index (Phi) is 6.09. The van der Waals surface area contributed by atoms with Crippen LogP contribution >= 0.6 is 0 Å². The number of benzene rings is 2. The van der Waals surface area contributed by atoms with E-state index in [2.05, 4.69) is 0 Å². The van der Waals surface area contributed by atoms with Crippen molar-refractivity contribution in [2.45, 2.75) is 13.2 Å². The molecule has 0 atom stereocenters. The molecule has 0 saturated carbocycles. The summed E-state index contributed by atoms with van der Waals surface area (Å²) in [4.78, 5) is 27.5. The number of hydrogen-bond acceptors (Lipinski definition) is 4. The van der Waals surface area contributed by atoms with Gasteiger partial charge in [-0.15, -0.1) is 0 Å². The van der Waals surface area contributed by atoms with Crippen LogP contribution in [0.15, 0.2) is 60.7 Å². The molecular weight excluding hydrogens is 332 g/mol. The van der Waals surface area contributed by atoms with Gasteiger partial charge < -0.3 is 19.3 Å². The van der Waals surface area contributed by atoms with E-state index in [0.717, 1.165) is 11.1 Å². The molecule has 0 spiro atoms. The van der Waals surface area contributed by atoms with Crippen LogP contribution in [-0.4, -0.2) is 48.2 Å². The van der Waals surface area contributed by atoms with Crippen molar-refractivity contribution in [2.75, 3.05) is 26.2 Å². The van der Waals surface area contributed by atoms with E-state index in [4.69, 9.17) is 9.47 Å². The number of rotatable bonds is 4. The summed E-state index contributed by atoms with van der Waals surface area (Å²) in [6.07, 6.45) is -0.711. The minimum atomic E-state index is -0.355. The second-order valence-corrected chi connectivity index (χ2v) is 6.05. The second kappa shape index (κ2) is 8.89. The smallest absolute Gasteiger partial charge is 0.410 e. The van der Waals surface area contributed by atoms with E-state index >= 15 is 0 Å². The molecule has 0 aromatic heterocycles. The van der Waals surface area contributed by atoms with Gasteiger partial charge in [0.25, 0.3) is 0 Å². The molecule has 2 aromatic carbocycles. The van der Waals surface area contributed by atoms with Crippen molar-refractivity contribution in [1.82, 2.24) is 9.80 Å². The zero-order chi connectivity index (χ0) is 18.2. The Labute approximate surface area is 152 Å². The Hall–Kier alpha value is -3.02. The van der Waals surface area contributed by atoms with E-state index in [9.17, 15) is 9.59 Å². The molecule has 6 nitrogen and oxygen atoms in total. The molecule has 1 saturated heterocycles. The van der Waals surface area contributed by atoms with Crippen LogP contribution in [-0.2, 0) is 22.7 Å². The zero-order valence-corrected chi connectivity index (χ0v) is 14.5. The van der Waals surface area contributed by atoms with Crippen LogP contribution in [0, 0.1) is 0 Å². The molecule has 0 aliphatic carbocycles. The highest BCUT2D eigenvalue weighted by molar-refractivity contribution is 5.70. The fraction of sp³-hybridized carbons (Fsp3) is 0.300. The summed E-state index contributed by atoms with van der Waals surface area (Å²) >= 11 is 0. The summed E-state index contributed by atoms with van der Waals surface area (Å²) in [6, 6.07) is 19.1. The lowest BCUT2D eigenvalue weighted by atomic mass is 10.2. The van der Waals surface area contributed by atoms with Gasteiger partial charge >= 0.3 is 12.2 Å². The Bertz CT molecular complexity index is 650. The molecule has 1 fully saturated rings. The van der Waals surface area contributed by atoms with Crippen molar-refractivity contribution in [3.63, 3.8) is 0 Å². The van der Waals surface area contributed by atoms with Crippen LogP contribution in [0.1, 0.15) is 11.1 Å². The normalized spacial score (nSPS) is 14.0. The summed E-state index contributed by atoms with van der Waals surface area (Å²) < 4.78 is 10.6. The van der Waals surface area contributed by atoms with Crippen molar-refractivity contribution >= 4 is 12.2 Å². The van der Waals surface area contributed by atoms with E-state index in [1.165, 1.54) is 0 Å². The van der Waals surface area contributed by atoms with Crippen LogP contribution in [0.5, 0.6) is 0 Å². The van der Waals surface area contributed by atoms with Gasteiger partial charge in [0.15, 0.2) is 0 Å². The van der Waals surface area contributed by atoms with E-state index in [-0.39, 0.29) is 25.4 Å². The first-order valence-corrected chi connectivity index (χ1v) is 8.63. The highest BCUT2D eigenvalue weighted by Gasteiger charge is 2.25. The number of nitrogens with zero attached hydrogens (tertiary/aromatic N) is 2. The van der Waals surface area contributed by atoms with Gasteiger partial charge in [-0.2, -0.15) is 0 Å². The van der Waals surface area contributed by atoms with Gasteiger partial charge in [-0.3, -0.25) is 0 Å². The van der Waals surface area contributed by atoms with Crippen molar-refractivity contribution in [3.8, 4) is 0 Å². The Balaban J connectivity index is 1.39. The molecule has 1 aliphatic heterocycles. The summed E-state index contributed by atoms with van der Waals surface area (Å²) in [5, 5.41) is 0. The molecule has 0 radical (unpaired) electrons. The molecule has 2 aromatic rings. The van der Waals surface area contributed by atoms with Crippen molar-refractivity contribution < 1.29 is 19.1 Å². The van der Waals surface area contributed by atoms with Crippen molar-refractivity contribution in [2.24, 2.45) is 0 Å². The lowest BCUT2D eigenvalue weighted by Gasteiger charge is -2.33. The summed E-state index contributed by atoms with van der Waals surface area (Å²) in [7, 11) is 0. The number of carbonyl (C=O) groups excluding carboxylic acids is 2. The topological polar surface area (TPSA) is 59.1 Å². The molecule has 2 amide bonds. The summed E-state index contributed by atoms with van der Waals surface area (Å²) in [6.45, 7) is 2.25. The SMILES string of the molecule is O=C(OCc1ccccc1)N1CCN(C(=O)OCc2ccccc2)CC1. The van der Waals surface area contributed by atoms with Crippen LogP contribution in [0.25, 0.3) is 0 Å². The number of ether oxygens (including phenoxy) is 2. The lowest BCUT2D eigenvalue weighted by molar-refractivity contribution is 0.0557. The average molecular weight is 354 g/mol. The van der Waals surface area contributed by atoms with Gasteiger partial charge in [0.2, 0.25) is 0 Å². The van der Waals surface area contributed by atoms with Crippen LogP contribution in [0.3, 0.4) is 0 Å². The van der Waals surface area contributed by atoms with Crippen molar-refractivity contribution in [3.05, 3.63) is 71.8 Å². The number of piperazine rings is 1. The Morgan fingerprint density at radius 1 is 0.654 bits per heavy atom. The van der Waals surface area contributed by atoms with Gasteiger partial charge in [-0.1, -0.05) is 60.7 Å². The molecule has 136 valence electrons. The fourth-order valence-corrected chi connectivity index (χ4v) is 2.69. The van der Waals surface area contributed by atoms with E-state index in [0.29, 0.717) is 26.2 Å². The third kappa shape index (κ3) is 4.99. The van der Waals surface area contributed by atoms with Gasteiger partial charge in [0.05, 0.1) is 0 Å². The molecule has 3 rings (SSSR count). The quantitative estimate of drug-likeness (QED) is 0.845. The monoisotopic (exact) mass is 354 g/mol. The third-order valence-electron chi connectivity index (χ3n) is 4.21. The average Bonchev–Trinajstić information content (AvgIpc) is 2.72. The Morgan fingerprint density at radius 2 is 1.00 bits per heavy atom. The standard InChI is InChI=1S/C20H22N2O4/c23-19(25-15-17-7-3-1-4-8-17)21-11-13-22(14-12-21)20(24)26-16-18-9-5-2-6-10-18/h1-10H,11-16H2. The lowest BCUT2D eigenvalue weighted by Crippen LogP contribution is -2.50. The fourth-order valence-electron chi connectivity index (χ4n) is 2.69. The zero-order valence-electron chi connectivity index (χ0n) is 14.5. The molecule has 1 heterocycles. The predicted octanol–water partition coefficient (Wildman–Crippen LogP) is 3.28. The first-order valence-electron chi connectivity index (χ1n) is 8.63. The molecule has 0 unspecified atom stereocenters. The maximum atomic E-state index is 12.1. The van der Waals surface area contributed by atoms with Crippen LogP contribution in [0.2, 0.25) is 0 Å². The number of hydrogen-bond donors (Lipinski definition) is 0. The first-order chi connectivity index (χ1) is 12.7. The van der Waals surface area contributed by atoms with Crippen LogP contribution < -0.4 is 0 Å². The van der Waals surface area contributed by atoms with Gasteiger partial charge in [0, 0.05) is 26.2 Å². The van der Waals surface area contributed by atoms with Crippen LogP contribution in [0.4, 0.5) is 9.59 Å². The highest BCUT2D eigenvalue weighted by atomic mass is 16.6. The van der Waals surface area contributed by atoms with E-state index < -0.39 is 0 Å². The Morgan fingerprint density at radius 3 is 1.35 bits per heavy atom. The third-order valence-corrected chi connectivity index (χ3v) is 4.21. The van der Waals surface area contributed by atoms with E-state index in [1.807, 2.05) is 60.7 Å². The van der Waals surface area contributed by atoms with Gasteiger partial charge in [-0.25, -0.2) is 9.59 Å². The minimum Gasteiger partial charge on any atom is -0.445 e. The molecule has 6 heteroatoms. The van der Waals surface area contributed by atoms with E-state index in [1.54, 1.807) is 9.80 Å². The molecule has 1 aliphatic rings.